The van der Waals surface area contributed by atoms with Crippen LogP contribution in [-0.4, -0.2) is 7.05 Å². The highest BCUT2D eigenvalue weighted by molar-refractivity contribution is 9.10. The van der Waals surface area contributed by atoms with Crippen molar-refractivity contribution in [2.75, 3.05) is 7.05 Å². The van der Waals surface area contributed by atoms with Gasteiger partial charge in [-0.25, -0.2) is 0 Å². The Morgan fingerprint density at radius 2 is 2.11 bits per heavy atom. The van der Waals surface area contributed by atoms with E-state index < -0.39 is 0 Å². The maximum absolute atomic E-state index is 6.18. The van der Waals surface area contributed by atoms with Crippen molar-refractivity contribution in [3.63, 3.8) is 0 Å². The molecule has 2 aromatic rings. The summed E-state index contributed by atoms with van der Waals surface area (Å²) in [6.07, 6.45) is 2.40. The van der Waals surface area contributed by atoms with Gasteiger partial charge < -0.3 is 9.73 Å². The first-order chi connectivity index (χ1) is 8.61. The molecule has 1 N–H and O–H groups in total. The molecule has 2 nitrogen and oxygen atoms in total. The van der Waals surface area contributed by atoms with Crippen molar-refractivity contribution in [1.29, 1.82) is 0 Å². The molecule has 96 valence electrons. The van der Waals surface area contributed by atoms with Gasteiger partial charge in [0.25, 0.3) is 0 Å². The number of rotatable bonds is 4. The summed E-state index contributed by atoms with van der Waals surface area (Å²) in [6, 6.07) is 7.55. The topological polar surface area (TPSA) is 25.2 Å². The molecule has 1 unspecified atom stereocenters. The van der Waals surface area contributed by atoms with Gasteiger partial charge in [0.1, 0.15) is 0 Å². The fourth-order valence-electron chi connectivity index (χ4n) is 1.84. The summed E-state index contributed by atoms with van der Waals surface area (Å²) in [5.74, 6) is 0. The number of likely N-dealkylation sites (N-methyl/N-ethyl adjacent to an activating group) is 1. The number of hydrogen-bond acceptors (Lipinski definition) is 2. The molecule has 1 heterocycles. The van der Waals surface area contributed by atoms with E-state index in [1.807, 2.05) is 25.2 Å². The van der Waals surface area contributed by atoms with E-state index in [1.54, 1.807) is 12.3 Å². The van der Waals surface area contributed by atoms with Crippen LogP contribution in [0.2, 0.25) is 10.0 Å². The molecule has 0 aliphatic carbocycles. The lowest BCUT2D eigenvalue weighted by Crippen LogP contribution is -2.18. The van der Waals surface area contributed by atoms with E-state index >= 15 is 0 Å². The number of furan rings is 1. The monoisotopic (exact) mass is 347 g/mol. The van der Waals surface area contributed by atoms with Gasteiger partial charge in [-0.3, -0.25) is 0 Å². The molecule has 1 aromatic carbocycles. The molecule has 5 heteroatoms. The zero-order chi connectivity index (χ0) is 13.1. The SMILES string of the molecule is CNC(Cc1cc(Cl)ccc1Cl)c1ccoc1Br. The summed E-state index contributed by atoms with van der Waals surface area (Å²) in [7, 11) is 1.91. The van der Waals surface area contributed by atoms with E-state index in [1.165, 1.54) is 0 Å². The van der Waals surface area contributed by atoms with Crippen LogP contribution in [0.5, 0.6) is 0 Å². The highest BCUT2D eigenvalue weighted by Gasteiger charge is 2.17. The number of nitrogens with one attached hydrogen (secondary N) is 1. The molecule has 0 radical (unpaired) electrons. The Labute approximate surface area is 124 Å². The smallest absolute Gasteiger partial charge is 0.173 e. The van der Waals surface area contributed by atoms with E-state index in [2.05, 4.69) is 21.2 Å². The number of halogens is 3. The molecule has 0 amide bonds. The first-order valence-corrected chi connectivity index (χ1v) is 7.00. The average molecular weight is 349 g/mol. The van der Waals surface area contributed by atoms with Crippen LogP contribution in [0.4, 0.5) is 0 Å². The molecule has 18 heavy (non-hydrogen) atoms. The second-order valence-corrected chi connectivity index (χ2v) is 5.49. The van der Waals surface area contributed by atoms with Gasteiger partial charge in [-0.15, -0.1) is 0 Å². The van der Waals surface area contributed by atoms with Crippen molar-refractivity contribution >= 4 is 39.1 Å². The second-order valence-electron chi connectivity index (χ2n) is 3.93. The third kappa shape index (κ3) is 3.09. The lowest BCUT2D eigenvalue weighted by molar-refractivity contribution is 0.518. The van der Waals surface area contributed by atoms with Crippen molar-refractivity contribution in [3.05, 3.63) is 56.4 Å². The number of benzene rings is 1. The van der Waals surface area contributed by atoms with Crippen molar-refractivity contribution in [3.8, 4) is 0 Å². The summed E-state index contributed by atoms with van der Waals surface area (Å²) < 4.78 is 5.99. The van der Waals surface area contributed by atoms with Gasteiger partial charge in [-0.2, -0.15) is 0 Å². The molecule has 1 aromatic heterocycles. The van der Waals surface area contributed by atoms with Crippen LogP contribution in [0.25, 0.3) is 0 Å². The summed E-state index contributed by atoms with van der Waals surface area (Å²) in [6.45, 7) is 0. The van der Waals surface area contributed by atoms with Crippen molar-refractivity contribution in [1.82, 2.24) is 5.32 Å². The normalized spacial score (nSPS) is 12.7. The highest BCUT2D eigenvalue weighted by Crippen LogP contribution is 2.30. The minimum atomic E-state index is 0.120. The van der Waals surface area contributed by atoms with Crippen LogP contribution in [0.15, 0.2) is 39.6 Å². The average Bonchev–Trinajstić information content (AvgIpc) is 2.77. The summed E-state index contributed by atoms with van der Waals surface area (Å²) in [4.78, 5) is 0. The first-order valence-electron chi connectivity index (χ1n) is 5.46. The maximum atomic E-state index is 6.18. The fourth-order valence-corrected chi connectivity index (χ4v) is 2.75. The molecule has 0 aliphatic heterocycles. The lowest BCUT2D eigenvalue weighted by Gasteiger charge is -2.16. The summed E-state index contributed by atoms with van der Waals surface area (Å²) in [5.41, 5.74) is 2.07. The fraction of sp³-hybridized carbons (Fsp3) is 0.231. The van der Waals surface area contributed by atoms with Crippen LogP contribution in [-0.2, 0) is 6.42 Å². The van der Waals surface area contributed by atoms with Gasteiger partial charge in [0.2, 0.25) is 0 Å². The highest BCUT2D eigenvalue weighted by atomic mass is 79.9. The van der Waals surface area contributed by atoms with Gasteiger partial charge in [-0.1, -0.05) is 23.2 Å². The van der Waals surface area contributed by atoms with Crippen LogP contribution in [0, 0.1) is 0 Å². The van der Waals surface area contributed by atoms with Crippen molar-refractivity contribution < 1.29 is 4.42 Å². The van der Waals surface area contributed by atoms with Crippen LogP contribution >= 0.6 is 39.1 Å². The Kier molecular flexibility index (Phi) is 4.73. The maximum Gasteiger partial charge on any atom is 0.173 e. The Hall–Kier alpha value is -0.480. The molecule has 0 aliphatic rings. The zero-order valence-electron chi connectivity index (χ0n) is 9.71. The third-order valence-electron chi connectivity index (χ3n) is 2.80. The summed E-state index contributed by atoms with van der Waals surface area (Å²) in [5, 5.41) is 4.66. The van der Waals surface area contributed by atoms with E-state index in [4.69, 9.17) is 27.6 Å². The van der Waals surface area contributed by atoms with Gasteiger partial charge in [0.15, 0.2) is 4.67 Å². The summed E-state index contributed by atoms with van der Waals surface area (Å²) >= 11 is 15.6. The van der Waals surface area contributed by atoms with E-state index in [-0.39, 0.29) is 6.04 Å². The molecule has 0 bridgehead atoms. The molecule has 0 fully saturated rings. The molecule has 0 saturated carbocycles. The predicted molar refractivity (Wildman–Crippen MR) is 78.4 cm³/mol. The van der Waals surface area contributed by atoms with Crippen molar-refractivity contribution in [2.24, 2.45) is 0 Å². The van der Waals surface area contributed by atoms with Crippen LogP contribution < -0.4 is 5.32 Å². The second kappa shape index (κ2) is 6.11. The Balaban J connectivity index is 2.26. The molecular formula is C13H12BrCl2NO. The standard InChI is InChI=1S/C13H12BrCl2NO/c1-17-12(10-4-5-18-13(10)14)7-8-6-9(15)2-3-11(8)16/h2-6,12,17H,7H2,1H3. The Morgan fingerprint density at radius 1 is 1.33 bits per heavy atom. The Bertz CT molecular complexity index is 542. The lowest BCUT2D eigenvalue weighted by atomic mass is 10.0. The van der Waals surface area contributed by atoms with Crippen LogP contribution in [0.1, 0.15) is 17.2 Å². The minimum Gasteiger partial charge on any atom is -0.457 e. The van der Waals surface area contributed by atoms with E-state index in [0.29, 0.717) is 5.02 Å². The number of hydrogen-bond donors (Lipinski definition) is 1. The molecule has 1 atom stereocenters. The molecule has 2 rings (SSSR count). The van der Waals surface area contributed by atoms with Gasteiger partial charge in [0, 0.05) is 21.7 Å². The minimum absolute atomic E-state index is 0.120. The molecular weight excluding hydrogens is 337 g/mol. The van der Waals surface area contributed by atoms with Gasteiger partial charge in [0.05, 0.1) is 6.26 Å². The Morgan fingerprint density at radius 3 is 2.72 bits per heavy atom. The van der Waals surface area contributed by atoms with E-state index in [0.717, 1.165) is 27.2 Å². The zero-order valence-corrected chi connectivity index (χ0v) is 12.8. The predicted octanol–water partition coefficient (Wildman–Crippen LogP) is 4.85. The van der Waals surface area contributed by atoms with Gasteiger partial charge in [-0.05, 0) is 59.2 Å². The third-order valence-corrected chi connectivity index (χ3v) is 4.05. The van der Waals surface area contributed by atoms with Crippen molar-refractivity contribution in [2.45, 2.75) is 12.5 Å². The first kappa shape index (κ1) is 13.9. The molecule has 0 saturated heterocycles. The van der Waals surface area contributed by atoms with E-state index in [9.17, 15) is 0 Å². The molecule has 0 spiro atoms. The largest absolute Gasteiger partial charge is 0.457 e. The quantitative estimate of drug-likeness (QED) is 0.854. The van der Waals surface area contributed by atoms with Gasteiger partial charge >= 0.3 is 0 Å². The van der Waals surface area contributed by atoms with Crippen LogP contribution in [0.3, 0.4) is 0 Å².